The number of nitrogens with zero attached hydrogens (tertiary/aromatic N) is 2. The number of hydrogen-bond acceptors (Lipinski definition) is 4. The van der Waals surface area contributed by atoms with Gasteiger partial charge in [0.05, 0.1) is 29.1 Å². The van der Waals surface area contributed by atoms with Gasteiger partial charge in [0.15, 0.2) is 0 Å². The third-order valence-corrected chi connectivity index (χ3v) is 6.12. The second-order valence-corrected chi connectivity index (χ2v) is 9.04. The van der Waals surface area contributed by atoms with Gasteiger partial charge in [0, 0.05) is 12.1 Å². The van der Waals surface area contributed by atoms with Crippen molar-refractivity contribution < 1.29 is 18.3 Å². The molecule has 140 valence electrons. The van der Waals surface area contributed by atoms with E-state index >= 15 is 0 Å². The molecule has 0 aliphatic heterocycles. The van der Waals surface area contributed by atoms with Crippen LogP contribution >= 0.6 is 23.2 Å². The standard InChI is InChI=1S/C16H22Cl2N2O4S/c1-19(13-5-3-4-6-15(13)21)16(22)10-20(25(2,23)24)14-9-11(17)7-8-12(14)18/h7-9,13,15,21H,3-6,10H2,1-2H3. The number of aliphatic hydroxyl groups excluding tert-OH is 1. The van der Waals surface area contributed by atoms with Gasteiger partial charge in [0.2, 0.25) is 15.9 Å². The average Bonchev–Trinajstić information content (AvgIpc) is 2.53. The van der Waals surface area contributed by atoms with Gasteiger partial charge in [-0.15, -0.1) is 0 Å². The third kappa shape index (κ3) is 5.00. The minimum Gasteiger partial charge on any atom is -0.391 e. The number of sulfonamides is 1. The molecule has 1 amide bonds. The molecule has 1 aliphatic carbocycles. The smallest absolute Gasteiger partial charge is 0.243 e. The Morgan fingerprint density at radius 1 is 1.28 bits per heavy atom. The van der Waals surface area contributed by atoms with E-state index < -0.39 is 28.6 Å². The quantitative estimate of drug-likeness (QED) is 0.811. The topological polar surface area (TPSA) is 77.9 Å². The van der Waals surface area contributed by atoms with E-state index in [0.717, 1.165) is 23.4 Å². The van der Waals surface area contributed by atoms with Gasteiger partial charge in [0.1, 0.15) is 6.54 Å². The summed E-state index contributed by atoms with van der Waals surface area (Å²) in [6.45, 7) is -0.404. The average molecular weight is 409 g/mol. The molecule has 6 nitrogen and oxygen atoms in total. The number of anilines is 1. The van der Waals surface area contributed by atoms with Crippen molar-refractivity contribution in [2.45, 2.75) is 37.8 Å². The van der Waals surface area contributed by atoms with Gasteiger partial charge in [-0.25, -0.2) is 8.42 Å². The molecule has 0 saturated heterocycles. The van der Waals surface area contributed by atoms with E-state index in [1.807, 2.05) is 0 Å². The zero-order valence-corrected chi connectivity index (χ0v) is 16.5. The summed E-state index contributed by atoms with van der Waals surface area (Å²) in [4.78, 5) is 14.1. The molecule has 2 unspecified atom stereocenters. The SMILES string of the molecule is CN(C(=O)CN(c1cc(Cl)ccc1Cl)S(C)(=O)=O)C1CCCCC1O. The summed E-state index contributed by atoms with van der Waals surface area (Å²) in [5.41, 5.74) is 0.155. The Balaban J connectivity index is 2.25. The molecule has 25 heavy (non-hydrogen) atoms. The Labute approximate surface area is 158 Å². The van der Waals surface area contributed by atoms with Crippen LogP contribution in [0.1, 0.15) is 25.7 Å². The lowest BCUT2D eigenvalue weighted by atomic mass is 9.91. The Hall–Kier alpha value is -1.02. The summed E-state index contributed by atoms with van der Waals surface area (Å²) in [6, 6.07) is 4.13. The maximum Gasteiger partial charge on any atom is 0.243 e. The van der Waals surface area contributed by atoms with Gasteiger partial charge in [-0.3, -0.25) is 9.10 Å². The largest absolute Gasteiger partial charge is 0.391 e. The molecule has 1 saturated carbocycles. The summed E-state index contributed by atoms with van der Waals surface area (Å²) in [5, 5.41) is 10.6. The van der Waals surface area contributed by atoms with Crippen LogP contribution < -0.4 is 4.31 Å². The van der Waals surface area contributed by atoms with E-state index in [9.17, 15) is 18.3 Å². The zero-order chi connectivity index (χ0) is 18.8. The highest BCUT2D eigenvalue weighted by molar-refractivity contribution is 7.92. The first-order valence-corrected chi connectivity index (χ1v) is 10.6. The molecular weight excluding hydrogens is 387 g/mol. The fourth-order valence-electron chi connectivity index (χ4n) is 3.02. The van der Waals surface area contributed by atoms with Crippen LogP contribution in [0.4, 0.5) is 5.69 Å². The monoisotopic (exact) mass is 408 g/mol. The van der Waals surface area contributed by atoms with E-state index in [0.29, 0.717) is 17.9 Å². The molecule has 0 heterocycles. The second kappa shape index (κ2) is 8.12. The fraction of sp³-hybridized carbons (Fsp3) is 0.562. The molecule has 1 N–H and O–H groups in total. The van der Waals surface area contributed by atoms with Crippen molar-refractivity contribution in [2.24, 2.45) is 0 Å². The summed E-state index contributed by atoms with van der Waals surface area (Å²) in [7, 11) is -2.16. The van der Waals surface area contributed by atoms with Crippen molar-refractivity contribution in [2.75, 3.05) is 24.2 Å². The minimum absolute atomic E-state index is 0.155. The maximum atomic E-state index is 12.6. The van der Waals surface area contributed by atoms with Crippen LogP contribution in [-0.4, -0.2) is 56.3 Å². The van der Waals surface area contributed by atoms with Gasteiger partial charge >= 0.3 is 0 Å². The van der Waals surface area contributed by atoms with Crippen LogP contribution in [-0.2, 0) is 14.8 Å². The first-order valence-electron chi connectivity index (χ1n) is 7.97. The van der Waals surface area contributed by atoms with Crippen molar-refractivity contribution in [1.82, 2.24) is 4.90 Å². The molecule has 0 aromatic heterocycles. The van der Waals surface area contributed by atoms with E-state index in [1.54, 1.807) is 13.1 Å². The van der Waals surface area contributed by atoms with E-state index in [2.05, 4.69) is 0 Å². The van der Waals surface area contributed by atoms with Crippen LogP contribution in [0, 0.1) is 0 Å². The lowest BCUT2D eigenvalue weighted by Gasteiger charge is -2.36. The third-order valence-electron chi connectivity index (χ3n) is 4.44. The van der Waals surface area contributed by atoms with Crippen LogP contribution in [0.15, 0.2) is 18.2 Å². The highest BCUT2D eigenvalue weighted by Crippen LogP contribution is 2.31. The van der Waals surface area contributed by atoms with E-state index in [4.69, 9.17) is 23.2 Å². The van der Waals surface area contributed by atoms with Crippen LogP contribution in [0.5, 0.6) is 0 Å². The van der Waals surface area contributed by atoms with Gasteiger partial charge < -0.3 is 10.0 Å². The van der Waals surface area contributed by atoms with Gasteiger partial charge in [-0.1, -0.05) is 36.0 Å². The minimum atomic E-state index is -3.75. The number of benzene rings is 1. The number of rotatable bonds is 5. The number of carbonyl (C=O) groups is 1. The summed E-state index contributed by atoms with van der Waals surface area (Å²) < 4.78 is 25.3. The number of halogens is 2. The van der Waals surface area contributed by atoms with Gasteiger partial charge in [-0.2, -0.15) is 0 Å². The number of amides is 1. The molecule has 0 bridgehead atoms. The Bertz CT molecular complexity index is 742. The summed E-state index contributed by atoms with van der Waals surface area (Å²) in [6.07, 6.45) is 3.60. The van der Waals surface area contributed by atoms with Crippen molar-refractivity contribution in [3.63, 3.8) is 0 Å². The van der Waals surface area contributed by atoms with Crippen molar-refractivity contribution >= 4 is 44.8 Å². The number of carbonyl (C=O) groups excluding carboxylic acids is 1. The molecule has 0 spiro atoms. The van der Waals surface area contributed by atoms with Gasteiger partial charge in [0.25, 0.3) is 0 Å². The van der Waals surface area contributed by atoms with E-state index in [-0.39, 0.29) is 16.8 Å². The second-order valence-electron chi connectivity index (χ2n) is 6.29. The molecule has 0 radical (unpaired) electrons. The predicted octanol–water partition coefficient (Wildman–Crippen LogP) is 2.52. The maximum absolute atomic E-state index is 12.6. The molecule has 9 heteroatoms. The summed E-state index contributed by atoms with van der Waals surface area (Å²) >= 11 is 12.0. The number of likely N-dealkylation sites (N-methyl/N-ethyl adjacent to an activating group) is 1. The van der Waals surface area contributed by atoms with Crippen LogP contribution in [0.25, 0.3) is 0 Å². The Morgan fingerprint density at radius 3 is 2.52 bits per heavy atom. The first kappa shape index (κ1) is 20.3. The molecule has 1 aliphatic rings. The number of hydrogen-bond donors (Lipinski definition) is 1. The number of aliphatic hydroxyl groups is 1. The summed E-state index contributed by atoms with van der Waals surface area (Å²) in [5.74, 6) is -0.410. The zero-order valence-electron chi connectivity index (χ0n) is 14.2. The Morgan fingerprint density at radius 2 is 1.92 bits per heavy atom. The van der Waals surface area contributed by atoms with E-state index in [1.165, 1.54) is 17.0 Å². The lowest BCUT2D eigenvalue weighted by Crippen LogP contribution is -2.50. The molecule has 2 rings (SSSR count). The van der Waals surface area contributed by atoms with Crippen molar-refractivity contribution in [3.8, 4) is 0 Å². The molecule has 1 fully saturated rings. The van der Waals surface area contributed by atoms with Crippen LogP contribution in [0.3, 0.4) is 0 Å². The highest BCUT2D eigenvalue weighted by Gasteiger charge is 2.32. The van der Waals surface area contributed by atoms with Crippen molar-refractivity contribution in [1.29, 1.82) is 0 Å². The molecule has 1 aromatic rings. The molecule has 2 atom stereocenters. The van der Waals surface area contributed by atoms with Gasteiger partial charge in [-0.05, 0) is 31.0 Å². The Kier molecular flexibility index (Phi) is 6.59. The fourth-order valence-corrected chi connectivity index (χ4v) is 4.31. The first-order chi connectivity index (χ1) is 11.6. The van der Waals surface area contributed by atoms with Crippen LogP contribution in [0.2, 0.25) is 10.0 Å². The predicted molar refractivity (Wildman–Crippen MR) is 99.7 cm³/mol. The van der Waals surface area contributed by atoms with Crippen molar-refractivity contribution in [3.05, 3.63) is 28.2 Å². The highest BCUT2D eigenvalue weighted by atomic mass is 35.5. The molecular formula is C16H22Cl2N2O4S. The molecule has 1 aromatic carbocycles. The lowest BCUT2D eigenvalue weighted by molar-refractivity contribution is -0.133. The normalized spacial score (nSPS) is 21.0.